The fraction of sp³-hybridized carbons (Fsp3) is 0.364. The average Bonchev–Trinajstić information content (AvgIpc) is 2.54. The van der Waals surface area contributed by atoms with E-state index in [4.69, 9.17) is 16.7 Å². The Kier molecular flexibility index (Phi) is 3.82. The first kappa shape index (κ1) is 14.3. The monoisotopic (exact) mass is 303 g/mol. The van der Waals surface area contributed by atoms with Crippen molar-refractivity contribution in [2.45, 2.75) is 18.5 Å². The summed E-state index contributed by atoms with van der Waals surface area (Å²) in [5.74, 6) is -0.138. The van der Waals surface area contributed by atoms with Crippen LogP contribution in [0.3, 0.4) is 0 Å². The fourth-order valence-electron chi connectivity index (χ4n) is 2.30. The molecule has 1 saturated heterocycles. The predicted octanol–water partition coefficient (Wildman–Crippen LogP) is 0.405. The Bertz CT molecular complexity index is 588. The molecule has 1 aromatic carbocycles. The van der Waals surface area contributed by atoms with Crippen LogP contribution in [0, 0.1) is 0 Å². The molecule has 1 aromatic rings. The number of nitrogens with two attached hydrogens (primary N) is 1. The van der Waals surface area contributed by atoms with Crippen LogP contribution >= 0.6 is 11.6 Å². The molecule has 1 fully saturated rings. The van der Waals surface area contributed by atoms with Crippen molar-refractivity contribution in [2.75, 3.05) is 7.05 Å². The van der Waals surface area contributed by atoms with Gasteiger partial charge in [0.05, 0.1) is 12.1 Å². The van der Waals surface area contributed by atoms with Gasteiger partial charge >= 0.3 is 0 Å². The predicted molar refractivity (Wildman–Crippen MR) is 71.6 cm³/mol. The van der Waals surface area contributed by atoms with Crippen LogP contribution in [-0.4, -0.2) is 32.3 Å². The summed E-state index contributed by atoms with van der Waals surface area (Å²) in [6.45, 7) is 0. The summed E-state index contributed by atoms with van der Waals surface area (Å²) in [5.41, 5.74) is 0.805. The average molecular weight is 304 g/mol. The standard InChI is InChI=1S/C11H14ClN3O3S/c1-15-10(16)6-9(14-19(13,17)18)11(15)7-2-4-8(12)5-3-7/h2-5,9,11,14H,6H2,1H3,(H2,13,17,18)/t9-,11-/m1/s1. The van der Waals surface area contributed by atoms with E-state index in [1.165, 1.54) is 4.90 Å². The zero-order valence-electron chi connectivity index (χ0n) is 10.2. The molecule has 0 aromatic heterocycles. The zero-order chi connectivity index (χ0) is 14.2. The summed E-state index contributed by atoms with van der Waals surface area (Å²) in [6.07, 6.45) is 0.0836. The van der Waals surface area contributed by atoms with Crippen LogP contribution in [0.2, 0.25) is 5.02 Å². The van der Waals surface area contributed by atoms with Gasteiger partial charge in [-0.3, -0.25) is 4.79 Å². The molecule has 8 heteroatoms. The summed E-state index contributed by atoms with van der Waals surface area (Å²) in [7, 11) is -2.23. The number of carbonyl (C=O) groups excluding carboxylic acids is 1. The van der Waals surface area contributed by atoms with Crippen LogP contribution < -0.4 is 9.86 Å². The fourth-order valence-corrected chi connectivity index (χ4v) is 3.06. The molecular weight excluding hydrogens is 290 g/mol. The molecule has 1 amide bonds. The highest BCUT2D eigenvalue weighted by atomic mass is 35.5. The van der Waals surface area contributed by atoms with Crippen LogP contribution in [0.1, 0.15) is 18.0 Å². The van der Waals surface area contributed by atoms with E-state index in [9.17, 15) is 13.2 Å². The van der Waals surface area contributed by atoms with Gasteiger partial charge in [-0.05, 0) is 17.7 Å². The molecule has 2 atom stereocenters. The van der Waals surface area contributed by atoms with Gasteiger partial charge < -0.3 is 4.90 Å². The van der Waals surface area contributed by atoms with Crippen LogP contribution in [0.25, 0.3) is 0 Å². The molecule has 0 spiro atoms. The number of halogens is 1. The number of benzene rings is 1. The Morgan fingerprint density at radius 3 is 2.47 bits per heavy atom. The maximum atomic E-state index is 11.7. The van der Waals surface area contributed by atoms with Gasteiger partial charge in [-0.25, -0.2) is 5.14 Å². The van der Waals surface area contributed by atoms with E-state index in [-0.39, 0.29) is 18.4 Å². The molecule has 0 radical (unpaired) electrons. The lowest BCUT2D eigenvalue weighted by molar-refractivity contribution is -0.127. The molecule has 19 heavy (non-hydrogen) atoms. The Balaban J connectivity index is 2.33. The Labute approximate surface area is 116 Å². The highest BCUT2D eigenvalue weighted by Crippen LogP contribution is 2.32. The van der Waals surface area contributed by atoms with Crippen LogP contribution in [0.15, 0.2) is 24.3 Å². The first-order chi connectivity index (χ1) is 8.78. The first-order valence-corrected chi connectivity index (χ1v) is 7.51. The maximum Gasteiger partial charge on any atom is 0.274 e. The minimum Gasteiger partial charge on any atom is -0.337 e. The van der Waals surface area contributed by atoms with E-state index in [0.29, 0.717) is 5.02 Å². The molecule has 1 aliphatic heterocycles. The normalized spacial score (nSPS) is 23.9. The minimum absolute atomic E-state index is 0.0836. The summed E-state index contributed by atoms with van der Waals surface area (Å²) >= 11 is 5.81. The van der Waals surface area contributed by atoms with Crippen LogP contribution in [0.4, 0.5) is 0 Å². The Morgan fingerprint density at radius 1 is 1.37 bits per heavy atom. The number of likely N-dealkylation sites (N-methyl/N-ethyl adjacent to an activating group) is 1. The van der Waals surface area contributed by atoms with E-state index in [1.807, 2.05) is 0 Å². The molecule has 6 nitrogen and oxygen atoms in total. The molecule has 0 saturated carbocycles. The quantitative estimate of drug-likeness (QED) is 0.847. The molecule has 0 unspecified atom stereocenters. The van der Waals surface area contributed by atoms with Crippen molar-refractivity contribution in [1.29, 1.82) is 0 Å². The van der Waals surface area contributed by atoms with Gasteiger partial charge in [-0.2, -0.15) is 13.1 Å². The number of hydrogen-bond acceptors (Lipinski definition) is 3. The molecule has 2 rings (SSSR count). The summed E-state index contributed by atoms with van der Waals surface area (Å²) in [5, 5.41) is 5.56. The molecule has 1 heterocycles. The van der Waals surface area contributed by atoms with Crippen molar-refractivity contribution in [3.05, 3.63) is 34.9 Å². The van der Waals surface area contributed by atoms with Crippen molar-refractivity contribution < 1.29 is 13.2 Å². The van der Waals surface area contributed by atoms with E-state index in [0.717, 1.165) is 5.56 Å². The Hall–Kier alpha value is -1.15. The van der Waals surface area contributed by atoms with Gasteiger partial charge in [-0.1, -0.05) is 23.7 Å². The lowest BCUT2D eigenvalue weighted by Crippen LogP contribution is -2.42. The van der Waals surface area contributed by atoms with Crippen LogP contribution in [-0.2, 0) is 15.0 Å². The molecular formula is C11H14ClN3O3S. The molecule has 3 N–H and O–H groups in total. The highest BCUT2D eigenvalue weighted by Gasteiger charge is 2.39. The Morgan fingerprint density at radius 2 is 1.95 bits per heavy atom. The third-order valence-electron chi connectivity index (χ3n) is 3.11. The highest BCUT2D eigenvalue weighted by molar-refractivity contribution is 7.87. The third kappa shape index (κ3) is 3.24. The molecule has 104 valence electrons. The molecule has 1 aliphatic rings. The number of nitrogens with zero attached hydrogens (tertiary/aromatic N) is 1. The summed E-state index contributed by atoms with van der Waals surface area (Å²) in [6, 6.07) is 5.96. The van der Waals surface area contributed by atoms with Crippen molar-refractivity contribution >= 4 is 27.7 Å². The van der Waals surface area contributed by atoms with Crippen molar-refractivity contribution in [3.8, 4) is 0 Å². The topological polar surface area (TPSA) is 92.5 Å². The van der Waals surface area contributed by atoms with Gasteiger partial charge in [0.25, 0.3) is 10.2 Å². The van der Waals surface area contributed by atoms with Gasteiger partial charge in [0.1, 0.15) is 0 Å². The molecule has 0 bridgehead atoms. The summed E-state index contributed by atoms with van der Waals surface area (Å²) in [4.78, 5) is 13.3. The number of rotatable bonds is 3. The first-order valence-electron chi connectivity index (χ1n) is 5.59. The lowest BCUT2D eigenvalue weighted by Gasteiger charge is -2.25. The van der Waals surface area contributed by atoms with E-state index >= 15 is 0 Å². The van der Waals surface area contributed by atoms with Gasteiger partial charge in [0, 0.05) is 18.5 Å². The number of likely N-dealkylation sites (tertiary alicyclic amines) is 1. The van der Waals surface area contributed by atoms with Gasteiger partial charge in [0.2, 0.25) is 5.91 Å². The maximum absolute atomic E-state index is 11.7. The lowest BCUT2D eigenvalue weighted by atomic mass is 10.0. The van der Waals surface area contributed by atoms with Crippen molar-refractivity contribution in [2.24, 2.45) is 5.14 Å². The van der Waals surface area contributed by atoms with E-state index < -0.39 is 16.3 Å². The third-order valence-corrected chi connectivity index (χ3v) is 4.00. The second kappa shape index (κ2) is 5.09. The summed E-state index contributed by atoms with van der Waals surface area (Å²) < 4.78 is 24.6. The van der Waals surface area contributed by atoms with Gasteiger partial charge in [-0.15, -0.1) is 0 Å². The largest absolute Gasteiger partial charge is 0.337 e. The van der Waals surface area contributed by atoms with Gasteiger partial charge in [0.15, 0.2) is 0 Å². The van der Waals surface area contributed by atoms with Crippen molar-refractivity contribution in [1.82, 2.24) is 9.62 Å². The zero-order valence-corrected chi connectivity index (χ0v) is 11.8. The smallest absolute Gasteiger partial charge is 0.274 e. The number of nitrogens with one attached hydrogen (secondary N) is 1. The minimum atomic E-state index is -3.86. The number of carbonyl (C=O) groups is 1. The van der Waals surface area contributed by atoms with Crippen molar-refractivity contribution in [3.63, 3.8) is 0 Å². The second-order valence-corrected chi connectivity index (χ2v) is 6.24. The van der Waals surface area contributed by atoms with E-state index in [1.54, 1.807) is 31.3 Å². The molecule has 0 aliphatic carbocycles. The van der Waals surface area contributed by atoms with E-state index in [2.05, 4.69) is 4.72 Å². The SMILES string of the molecule is CN1C(=O)C[C@@H](NS(N)(=O)=O)[C@H]1c1ccc(Cl)cc1. The number of hydrogen-bond donors (Lipinski definition) is 2. The number of amides is 1. The second-order valence-electron chi connectivity index (χ2n) is 4.47. The van der Waals surface area contributed by atoms with Crippen LogP contribution in [0.5, 0.6) is 0 Å².